The number of benzene rings is 1. The van der Waals surface area contributed by atoms with E-state index in [1.807, 2.05) is 19.2 Å². The number of rotatable bonds is 4. The highest BCUT2D eigenvalue weighted by molar-refractivity contribution is 14.0. The van der Waals surface area contributed by atoms with Crippen LogP contribution in [-0.2, 0) is 6.54 Å². The lowest BCUT2D eigenvalue weighted by atomic mass is 10.1. The number of fused-ring (bicyclic) bond motifs is 3. The summed E-state index contributed by atoms with van der Waals surface area (Å²) in [5.74, 6) is 0.942. The molecule has 2 bridgehead atoms. The Labute approximate surface area is 167 Å². The van der Waals surface area contributed by atoms with Gasteiger partial charge in [0.1, 0.15) is 0 Å². The minimum absolute atomic E-state index is 0. The van der Waals surface area contributed by atoms with Crippen molar-refractivity contribution in [3.63, 3.8) is 0 Å². The Morgan fingerprint density at radius 3 is 2.46 bits per heavy atom. The molecular formula is C17H27ClIN5. The summed E-state index contributed by atoms with van der Waals surface area (Å²) in [6.45, 7) is 7.79. The van der Waals surface area contributed by atoms with Crippen molar-refractivity contribution >= 4 is 41.5 Å². The minimum Gasteiger partial charge on any atom is -0.355 e. The fourth-order valence-corrected chi connectivity index (χ4v) is 3.58. The van der Waals surface area contributed by atoms with E-state index in [-0.39, 0.29) is 24.0 Å². The molecule has 0 saturated carbocycles. The molecule has 3 aliphatic heterocycles. The van der Waals surface area contributed by atoms with Gasteiger partial charge in [0.05, 0.1) is 0 Å². The van der Waals surface area contributed by atoms with E-state index in [9.17, 15) is 0 Å². The van der Waals surface area contributed by atoms with Gasteiger partial charge in [-0.1, -0.05) is 23.7 Å². The van der Waals surface area contributed by atoms with Gasteiger partial charge in [0, 0.05) is 71.0 Å². The molecular weight excluding hydrogens is 437 g/mol. The summed E-state index contributed by atoms with van der Waals surface area (Å²) >= 11 is 5.95. The smallest absolute Gasteiger partial charge is 0.193 e. The summed E-state index contributed by atoms with van der Waals surface area (Å²) < 4.78 is 0. The van der Waals surface area contributed by atoms with Crippen LogP contribution in [0.15, 0.2) is 29.3 Å². The van der Waals surface area contributed by atoms with E-state index in [2.05, 4.69) is 44.2 Å². The fraction of sp³-hybridized carbons (Fsp3) is 0.588. The SMILES string of the molecule is CN=C(NCC1CN2CCN1CC2)N(C)Cc1ccc(Cl)cc1.I. The van der Waals surface area contributed by atoms with E-state index in [1.54, 1.807) is 0 Å². The summed E-state index contributed by atoms with van der Waals surface area (Å²) in [5.41, 5.74) is 1.23. The number of guanidine groups is 1. The van der Waals surface area contributed by atoms with E-state index < -0.39 is 0 Å². The van der Waals surface area contributed by atoms with E-state index >= 15 is 0 Å². The van der Waals surface area contributed by atoms with Gasteiger partial charge < -0.3 is 10.2 Å². The van der Waals surface area contributed by atoms with Crippen LogP contribution in [0.3, 0.4) is 0 Å². The molecule has 1 unspecified atom stereocenters. The number of aliphatic imine (C=N–C) groups is 1. The van der Waals surface area contributed by atoms with E-state index in [1.165, 1.54) is 38.3 Å². The Morgan fingerprint density at radius 1 is 1.25 bits per heavy atom. The maximum atomic E-state index is 5.95. The zero-order valence-corrected chi connectivity index (χ0v) is 17.5. The molecule has 134 valence electrons. The lowest BCUT2D eigenvalue weighted by molar-refractivity contribution is 0.0152. The largest absolute Gasteiger partial charge is 0.355 e. The monoisotopic (exact) mass is 463 g/mol. The van der Waals surface area contributed by atoms with Crippen molar-refractivity contribution in [1.29, 1.82) is 0 Å². The molecule has 4 rings (SSSR count). The zero-order chi connectivity index (χ0) is 16.2. The zero-order valence-electron chi connectivity index (χ0n) is 14.4. The van der Waals surface area contributed by atoms with Crippen LogP contribution >= 0.6 is 35.6 Å². The third-order valence-electron chi connectivity index (χ3n) is 4.79. The third-order valence-corrected chi connectivity index (χ3v) is 5.05. The van der Waals surface area contributed by atoms with Crippen LogP contribution in [0.25, 0.3) is 0 Å². The first-order valence-corrected chi connectivity index (χ1v) is 8.66. The Hall–Kier alpha value is -0.570. The molecule has 7 heteroatoms. The number of hydrogen-bond donors (Lipinski definition) is 1. The van der Waals surface area contributed by atoms with Gasteiger partial charge in [0.15, 0.2) is 5.96 Å². The second-order valence-electron chi connectivity index (χ2n) is 6.40. The highest BCUT2D eigenvalue weighted by Gasteiger charge is 2.31. The Kier molecular flexibility index (Phi) is 7.59. The molecule has 0 aliphatic carbocycles. The molecule has 24 heavy (non-hydrogen) atoms. The van der Waals surface area contributed by atoms with E-state index in [4.69, 9.17) is 11.6 Å². The molecule has 1 aromatic carbocycles. The quantitative estimate of drug-likeness (QED) is 0.421. The van der Waals surface area contributed by atoms with Crippen LogP contribution in [-0.4, -0.2) is 80.1 Å². The minimum atomic E-state index is 0. The number of nitrogens with zero attached hydrogens (tertiary/aromatic N) is 4. The van der Waals surface area contributed by atoms with E-state index in [0.29, 0.717) is 6.04 Å². The normalized spacial score (nSPS) is 26.0. The molecule has 0 aromatic heterocycles. The van der Waals surface area contributed by atoms with Gasteiger partial charge in [-0.2, -0.15) is 0 Å². The van der Waals surface area contributed by atoms with Gasteiger partial charge in [0.2, 0.25) is 0 Å². The first kappa shape index (κ1) is 19.8. The van der Waals surface area contributed by atoms with Gasteiger partial charge in [-0.15, -0.1) is 24.0 Å². The topological polar surface area (TPSA) is 34.1 Å². The maximum absolute atomic E-state index is 5.95. The van der Waals surface area contributed by atoms with Crippen molar-refractivity contribution in [3.8, 4) is 0 Å². The summed E-state index contributed by atoms with van der Waals surface area (Å²) in [6, 6.07) is 8.58. The molecule has 0 radical (unpaired) electrons. The van der Waals surface area contributed by atoms with Gasteiger partial charge in [-0.25, -0.2) is 0 Å². The van der Waals surface area contributed by atoms with Crippen LogP contribution in [0.1, 0.15) is 5.56 Å². The molecule has 3 aliphatic rings. The van der Waals surface area contributed by atoms with Crippen LogP contribution in [0.2, 0.25) is 5.02 Å². The van der Waals surface area contributed by atoms with Crippen molar-refractivity contribution in [2.45, 2.75) is 12.6 Å². The Balaban J connectivity index is 0.00000208. The molecule has 3 heterocycles. The highest BCUT2D eigenvalue weighted by Crippen LogP contribution is 2.15. The standard InChI is InChI=1S/C17H26ClN5.HI/c1-19-17(21(2)12-14-3-5-15(18)6-4-14)20-11-16-13-22-7-9-23(16)10-8-22;/h3-6,16H,7-13H2,1-2H3,(H,19,20);1H. The molecule has 1 atom stereocenters. The van der Waals surface area contributed by atoms with Gasteiger partial charge in [-0.3, -0.25) is 14.8 Å². The molecule has 3 fully saturated rings. The van der Waals surface area contributed by atoms with Crippen molar-refractivity contribution in [3.05, 3.63) is 34.9 Å². The summed E-state index contributed by atoms with van der Waals surface area (Å²) in [6.07, 6.45) is 0. The van der Waals surface area contributed by atoms with Crippen molar-refractivity contribution in [2.75, 3.05) is 53.4 Å². The number of piperazine rings is 3. The summed E-state index contributed by atoms with van der Waals surface area (Å²) in [7, 11) is 3.91. The van der Waals surface area contributed by atoms with Crippen molar-refractivity contribution in [2.24, 2.45) is 4.99 Å². The molecule has 3 saturated heterocycles. The van der Waals surface area contributed by atoms with Gasteiger partial charge in [-0.05, 0) is 17.7 Å². The molecule has 1 N–H and O–H groups in total. The number of hydrogen-bond acceptors (Lipinski definition) is 3. The van der Waals surface area contributed by atoms with Crippen LogP contribution in [0.4, 0.5) is 0 Å². The second kappa shape index (κ2) is 9.22. The average molecular weight is 464 g/mol. The second-order valence-corrected chi connectivity index (χ2v) is 6.84. The van der Waals surface area contributed by atoms with Crippen molar-refractivity contribution in [1.82, 2.24) is 20.0 Å². The first-order valence-electron chi connectivity index (χ1n) is 8.28. The summed E-state index contributed by atoms with van der Waals surface area (Å²) in [4.78, 5) is 11.7. The number of halogens is 2. The molecule has 1 aromatic rings. The van der Waals surface area contributed by atoms with Crippen molar-refractivity contribution < 1.29 is 0 Å². The highest BCUT2D eigenvalue weighted by atomic mass is 127. The lowest BCUT2D eigenvalue weighted by Gasteiger charge is -2.47. The predicted octanol–water partition coefficient (Wildman–Crippen LogP) is 1.97. The maximum Gasteiger partial charge on any atom is 0.193 e. The third kappa shape index (κ3) is 4.97. The van der Waals surface area contributed by atoms with Crippen LogP contribution < -0.4 is 5.32 Å². The molecule has 0 amide bonds. The summed E-state index contributed by atoms with van der Waals surface area (Å²) in [5, 5.41) is 4.31. The molecule has 5 nitrogen and oxygen atoms in total. The number of nitrogens with one attached hydrogen (secondary N) is 1. The fourth-order valence-electron chi connectivity index (χ4n) is 3.45. The lowest BCUT2D eigenvalue weighted by Crippen LogP contribution is -2.63. The average Bonchev–Trinajstić information content (AvgIpc) is 2.58. The molecule has 0 spiro atoms. The van der Waals surface area contributed by atoms with Gasteiger partial charge in [0.25, 0.3) is 0 Å². The predicted molar refractivity (Wildman–Crippen MR) is 111 cm³/mol. The van der Waals surface area contributed by atoms with E-state index in [0.717, 1.165) is 24.1 Å². The van der Waals surface area contributed by atoms with Gasteiger partial charge >= 0.3 is 0 Å². The first-order chi connectivity index (χ1) is 11.2. The van der Waals surface area contributed by atoms with Crippen LogP contribution in [0.5, 0.6) is 0 Å². The van der Waals surface area contributed by atoms with Crippen LogP contribution in [0, 0.1) is 0 Å². The Morgan fingerprint density at radius 2 is 1.92 bits per heavy atom. The Bertz CT molecular complexity index is 542.